The van der Waals surface area contributed by atoms with Crippen LogP contribution in [-0.2, 0) is 27.3 Å². The molecule has 0 aliphatic rings. The van der Waals surface area contributed by atoms with Crippen molar-refractivity contribution in [2.45, 2.75) is 13.0 Å². The van der Waals surface area contributed by atoms with Gasteiger partial charge in [-0.05, 0) is 23.8 Å². The fourth-order valence-electron chi connectivity index (χ4n) is 1.93. The van der Waals surface area contributed by atoms with E-state index in [0.717, 1.165) is 5.56 Å². The topological polar surface area (TPSA) is 55.4 Å². The van der Waals surface area contributed by atoms with Crippen LogP contribution >= 0.6 is 34.8 Å². The molecule has 0 saturated carbocycles. The molecule has 2 rings (SSSR count). The molecule has 4 nitrogen and oxygen atoms in total. The van der Waals surface area contributed by atoms with Gasteiger partial charge in [0.2, 0.25) is 0 Å². The number of amides is 1. The summed E-state index contributed by atoms with van der Waals surface area (Å²) in [5, 5.41) is 3.94. The van der Waals surface area contributed by atoms with Crippen LogP contribution in [0.1, 0.15) is 11.1 Å². The lowest BCUT2D eigenvalue weighted by atomic mass is 10.1. The summed E-state index contributed by atoms with van der Waals surface area (Å²) < 4.78 is 4.94. The van der Waals surface area contributed by atoms with Crippen LogP contribution in [0.4, 0.5) is 0 Å². The summed E-state index contributed by atoms with van der Waals surface area (Å²) in [7, 11) is 0. The van der Waals surface area contributed by atoms with Crippen molar-refractivity contribution < 1.29 is 14.3 Å². The van der Waals surface area contributed by atoms with Crippen LogP contribution in [0.5, 0.6) is 0 Å². The van der Waals surface area contributed by atoms with Crippen molar-refractivity contribution in [3.8, 4) is 0 Å². The van der Waals surface area contributed by atoms with E-state index in [4.69, 9.17) is 39.5 Å². The molecule has 2 aromatic carbocycles. The monoisotopic (exact) mass is 385 g/mol. The number of ether oxygens (including phenoxy) is 1. The maximum absolute atomic E-state index is 11.8. The van der Waals surface area contributed by atoms with Crippen LogP contribution < -0.4 is 5.32 Å². The molecule has 126 valence electrons. The zero-order valence-corrected chi connectivity index (χ0v) is 14.8. The molecule has 1 amide bonds. The van der Waals surface area contributed by atoms with Crippen LogP contribution in [0.2, 0.25) is 15.1 Å². The van der Waals surface area contributed by atoms with Crippen molar-refractivity contribution >= 4 is 46.7 Å². The number of nitrogens with one attached hydrogen (secondary N) is 1. The van der Waals surface area contributed by atoms with E-state index >= 15 is 0 Å². The molecule has 24 heavy (non-hydrogen) atoms. The second-order valence-electron chi connectivity index (χ2n) is 4.91. The summed E-state index contributed by atoms with van der Waals surface area (Å²) in [5.41, 5.74) is 1.25. The highest BCUT2D eigenvalue weighted by Crippen LogP contribution is 2.24. The quantitative estimate of drug-likeness (QED) is 0.762. The third-order valence-electron chi connectivity index (χ3n) is 3.18. The summed E-state index contributed by atoms with van der Waals surface area (Å²) in [4.78, 5) is 23.5. The van der Waals surface area contributed by atoms with Gasteiger partial charge in [0.15, 0.2) is 6.61 Å². The Balaban J connectivity index is 1.79. The van der Waals surface area contributed by atoms with Gasteiger partial charge in [0.1, 0.15) is 0 Å². The molecule has 0 aliphatic carbocycles. The van der Waals surface area contributed by atoms with Gasteiger partial charge in [-0.3, -0.25) is 9.59 Å². The predicted octanol–water partition coefficient (Wildman–Crippen LogP) is 4.05. The smallest absolute Gasteiger partial charge is 0.310 e. The fourth-order valence-corrected chi connectivity index (χ4v) is 2.66. The molecular formula is C17H14Cl3NO3. The van der Waals surface area contributed by atoms with Gasteiger partial charge in [0, 0.05) is 27.2 Å². The molecule has 0 aromatic heterocycles. The fraction of sp³-hybridized carbons (Fsp3) is 0.176. The summed E-state index contributed by atoms with van der Waals surface area (Å²) in [6.45, 7) is -0.127. The predicted molar refractivity (Wildman–Crippen MR) is 94.4 cm³/mol. The largest absolute Gasteiger partial charge is 0.455 e. The highest BCUT2D eigenvalue weighted by atomic mass is 35.5. The Bertz CT molecular complexity index is 729. The van der Waals surface area contributed by atoms with Gasteiger partial charge < -0.3 is 10.1 Å². The molecule has 0 fully saturated rings. The first-order valence-corrected chi connectivity index (χ1v) is 8.19. The molecule has 2 aromatic rings. The van der Waals surface area contributed by atoms with Gasteiger partial charge in [-0.1, -0.05) is 59.1 Å². The van der Waals surface area contributed by atoms with Gasteiger partial charge in [-0.15, -0.1) is 0 Å². The Hall–Kier alpha value is -1.75. The maximum Gasteiger partial charge on any atom is 0.310 e. The van der Waals surface area contributed by atoms with Crippen LogP contribution in [0.3, 0.4) is 0 Å². The molecule has 0 radical (unpaired) electrons. The van der Waals surface area contributed by atoms with Crippen LogP contribution in [-0.4, -0.2) is 18.5 Å². The average molecular weight is 387 g/mol. The van der Waals surface area contributed by atoms with Crippen molar-refractivity contribution in [3.05, 3.63) is 68.7 Å². The lowest BCUT2D eigenvalue weighted by Gasteiger charge is -2.09. The third kappa shape index (κ3) is 5.41. The van der Waals surface area contributed by atoms with E-state index < -0.39 is 11.9 Å². The second-order valence-corrected chi connectivity index (χ2v) is 6.13. The molecule has 1 N–H and O–H groups in total. The molecule has 0 spiro atoms. The first kappa shape index (κ1) is 18.6. The van der Waals surface area contributed by atoms with E-state index in [1.807, 2.05) is 6.07 Å². The summed E-state index contributed by atoms with van der Waals surface area (Å²) >= 11 is 18.0. The maximum atomic E-state index is 11.8. The number of esters is 1. The van der Waals surface area contributed by atoms with E-state index in [0.29, 0.717) is 20.6 Å². The SMILES string of the molecule is O=C(COC(=O)Cc1c(Cl)cccc1Cl)NCc1ccccc1Cl. The van der Waals surface area contributed by atoms with E-state index in [9.17, 15) is 9.59 Å². The van der Waals surface area contributed by atoms with Crippen molar-refractivity contribution in [2.24, 2.45) is 0 Å². The zero-order valence-electron chi connectivity index (χ0n) is 12.5. The van der Waals surface area contributed by atoms with Crippen LogP contribution in [0.15, 0.2) is 42.5 Å². The van der Waals surface area contributed by atoms with Gasteiger partial charge in [-0.2, -0.15) is 0 Å². The Morgan fingerprint density at radius 3 is 2.21 bits per heavy atom. The molecular weight excluding hydrogens is 373 g/mol. The zero-order chi connectivity index (χ0) is 17.5. The number of rotatable bonds is 6. The Morgan fingerprint density at radius 1 is 0.917 bits per heavy atom. The number of carbonyl (C=O) groups excluding carboxylic acids is 2. The number of halogens is 3. The first-order chi connectivity index (χ1) is 11.5. The minimum absolute atomic E-state index is 0.101. The molecule has 0 atom stereocenters. The van der Waals surface area contributed by atoms with Crippen molar-refractivity contribution in [3.63, 3.8) is 0 Å². The van der Waals surface area contributed by atoms with Gasteiger partial charge in [0.25, 0.3) is 5.91 Å². The molecule has 0 heterocycles. The van der Waals surface area contributed by atoms with Crippen LogP contribution in [0, 0.1) is 0 Å². The number of hydrogen-bond donors (Lipinski definition) is 1. The van der Waals surface area contributed by atoms with Crippen molar-refractivity contribution in [1.82, 2.24) is 5.32 Å². The summed E-state index contributed by atoms with van der Waals surface area (Å²) in [5.74, 6) is -1.01. The van der Waals surface area contributed by atoms with Gasteiger partial charge in [0.05, 0.1) is 6.42 Å². The minimum atomic E-state index is -0.585. The number of hydrogen-bond acceptors (Lipinski definition) is 3. The van der Waals surface area contributed by atoms with Crippen LogP contribution in [0.25, 0.3) is 0 Å². The molecule has 0 bridgehead atoms. The summed E-state index contributed by atoms with van der Waals surface area (Å²) in [6.07, 6.45) is -0.101. The van der Waals surface area contributed by atoms with E-state index in [-0.39, 0.29) is 19.6 Å². The molecule has 7 heteroatoms. The molecule has 0 saturated heterocycles. The Kier molecular flexibility index (Phi) is 6.91. The van der Waals surface area contributed by atoms with Crippen molar-refractivity contribution in [1.29, 1.82) is 0 Å². The lowest BCUT2D eigenvalue weighted by molar-refractivity contribution is -0.147. The Morgan fingerprint density at radius 2 is 1.54 bits per heavy atom. The molecule has 0 unspecified atom stereocenters. The normalized spacial score (nSPS) is 10.3. The average Bonchev–Trinajstić information content (AvgIpc) is 2.56. The van der Waals surface area contributed by atoms with Crippen molar-refractivity contribution in [2.75, 3.05) is 6.61 Å². The molecule has 0 aliphatic heterocycles. The second kappa shape index (κ2) is 8.92. The van der Waals surface area contributed by atoms with Gasteiger partial charge >= 0.3 is 5.97 Å². The van der Waals surface area contributed by atoms with Gasteiger partial charge in [-0.25, -0.2) is 0 Å². The minimum Gasteiger partial charge on any atom is -0.455 e. The highest BCUT2D eigenvalue weighted by Gasteiger charge is 2.13. The first-order valence-electron chi connectivity index (χ1n) is 7.06. The highest BCUT2D eigenvalue weighted by molar-refractivity contribution is 6.36. The standard InChI is InChI=1S/C17H14Cl3NO3/c18-13-5-2-1-4-11(13)9-21-16(22)10-24-17(23)8-12-14(19)6-3-7-15(12)20/h1-7H,8-10H2,(H,21,22). The third-order valence-corrected chi connectivity index (χ3v) is 4.26. The van der Waals surface area contributed by atoms with E-state index in [1.54, 1.807) is 36.4 Å². The van der Waals surface area contributed by atoms with E-state index in [1.165, 1.54) is 0 Å². The Labute approximate surface area is 154 Å². The lowest BCUT2D eigenvalue weighted by Crippen LogP contribution is -2.28. The number of carbonyl (C=O) groups is 2. The number of benzene rings is 2. The van der Waals surface area contributed by atoms with E-state index in [2.05, 4.69) is 5.32 Å². The summed E-state index contributed by atoms with van der Waals surface area (Å²) in [6, 6.07) is 12.1.